The lowest BCUT2D eigenvalue weighted by Gasteiger charge is -2.06. The fraction of sp³-hybridized carbons (Fsp3) is 0.500. The van der Waals surface area contributed by atoms with Crippen molar-refractivity contribution in [3.05, 3.63) is 34.9 Å². The quantitative estimate of drug-likeness (QED) is 0.828. The molecule has 2 nitrogen and oxygen atoms in total. The summed E-state index contributed by atoms with van der Waals surface area (Å²) in [6.45, 7) is 8.22. The third-order valence-corrected chi connectivity index (χ3v) is 3.98. The lowest BCUT2D eigenvalue weighted by molar-refractivity contribution is -0.139. The molecule has 1 aliphatic carbocycles. The molecular formula is C14H18O2. The molecule has 0 heterocycles. The Balaban J connectivity index is 2.33. The number of aryl methyl sites for hydroxylation is 2. The van der Waals surface area contributed by atoms with Crippen molar-refractivity contribution < 1.29 is 9.90 Å². The van der Waals surface area contributed by atoms with Crippen LogP contribution in [-0.4, -0.2) is 11.1 Å². The zero-order valence-corrected chi connectivity index (χ0v) is 10.2. The van der Waals surface area contributed by atoms with E-state index in [0.29, 0.717) is 0 Å². The third-order valence-electron chi connectivity index (χ3n) is 3.98. The van der Waals surface area contributed by atoms with Crippen LogP contribution in [0.25, 0.3) is 0 Å². The van der Waals surface area contributed by atoms with Crippen molar-refractivity contribution in [1.29, 1.82) is 0 Å². The van der Waals surface area contributed by atoms with Crippen molar-refractivity contribution in [3.63, 3.8) is 0 Å². The minimum Gasteiger partial charge on any atom is -0.481 e. The minimum atomic E-state index is -0.673. The fourth-order valence-electron chi connectivity index (χ4n) is 2.68. The highest BCUT2D eigenvalue weighted by atomic mass is 16.4. The summed E-state index contributed by atoms with van der Waals surface area (Å²) in [5, 5.41) is 9.14. The van der Waals surface area contributed by atoms with Crippen LogP contribution >= 0.6 is 0 Å². The summed E-state index contributed by atoms with van der Waals surface area (Å²) in [6.07, 6.45) is 0. The maximum absolute atomic E-state index is 11.1. The van der Waals surface area contributed by atoms with Gasteiger partial charge in [0.15, 0.2) is 0 Å². The Bertz CT molecular complexity index is 446. The molecule has 2 atom stereocenters. The van der Waals surface area contributed by atoms with Gasteiger partial charge in [0.25, 0.3) is 0 Å². The van der Waals surface area contributed by atoms with E-state index in [1.165, 1.54) is 16.7 Å². The summed E-state index contributed by atoms with van der Waals surface area (Å²) >= 11 is 0. The fourth-order valence-corrected chi connectivity index (χ4v) is 2.68. The predicted molar refractivity (Wildman–Crippen MR) is 63.6 cm³/mol. The summed E-state index contributed by atoms with van der Waals surface area (Å²) in [7, 11) is 0. The van der Waals surface area contributed by atoms with Crippen LogP contribution in [0.4, 0.5) is 0 Å². The molecule has 1 N–H and O–H groups in total. The highest BCUT2D eigenvalue weighted by molar-refractivity contribution is 5.77. The SMILES string of the molecule is Cc1ccc([C@H]2[C@H](C(=O)O)C2(C)C)cc1C. The summed E-state index contributed by atoms with van der Waals surface area (Å²) in [5.74, 6) is -0.730. The van der Waals surface area contributed by atoms with E-state index in [0.717, 1.165) is 0 Å². The first-order valence-corrected chi connectivity index (χ1v) is 5.65. The minimum absolute atomic E-state index is 0.104. The van der Waals surface area contributed by atoms with Crippen molar-refractivity contribution in [3.8, 4) is 0 Å². The second kappa shape index (κ2) is 3.34. The van der Waals surface area contributed by atoms with Gasteiger partial charge in [-0.2, -0.15) is 0 Å². The zero-order chi connectivity index (χ0) is 12.1. The first kappa shape index (κ1) is 11.2. The topological polar surface area (TPSA) is 37.3 Å². The van der Waals surface area contributed by atoms with Gasteiger partial charge in [-0.1, -0.05) is 32.0 Å². The Labute approximate surface area is 96.3 Å². The van der Waals surface area contributed by atoms with Gasteiger partial charge in [-0.05, 0) is 36.0 Å². The van der Waals surface area contributed by atoms with Gasteiger partial charge in [0.2, 0.25) is 0 Å². The number of aliphatic carboxylic acids is 1. The molecule has 0 aromatic heterocycles. The van der Waals surface area contributed by atoms with Gasteiger partial charge >= 0.3 is 5.97 Å². The molecule has 86 valence electrons. The molecule has 16 heavy (non-hydrogen) atoms. The molecule has 0 amide bonds. The van der Waals surface area contributed by atoms with Crippen LogP contribution in [0.15, 0.2) is 18.2 Å². The molecule has 1 aliphatic rings. The average molecular weight is 218 g/mol. The summed E-state index contributed by atoms with van der Waals surface area (Å²) in [6, 6.07) is 6.28. The Hall–Kier alpha value is -1.31. The van der Waals surface area contributed by atoms with E-state index in [-0.39, 0.29) is 17.3 Å². The number of benzene rings is 1. The van der Waals surface area contributed by atoms with E-state index in [1.807, 2.05) is 13.8 Å². The Kier molecular flexibility index (Phi) is 2.33. The van der Waals surface area contributed by atoms with Crippen LogP contribution in [0.3, 0.4) is 0 Å². The summed E-state index contributed by atoms with van der Waals surface area (Å²) < 4.78 is 0. The molecular weight excluding hydrogens is 200 g/mol. The van der Waals surface area contributed by atoms with E-state index in [4.69, 9.17) is 5.11 Å². The first-order valence-electron chi connectivity index (χ1n) is 5.65. The Morgan fingerprint density at radius 1 is 1.25 bits per heavy atom. The van der Waals surface area contributed by atoms with Gasteiger partial charge < -0.3 is 5.11 Å². The summed E-state index contributed by atoms with van der Waals surface area (Å²) in [4.78, 5) is 11.1. The standard InChI is InChI=1S/C14H18O2/c1-8-5-6-10(7-9(8)2)11-12(13(15)16)14(11,3)4/h5-7,11-12H,1-4H3,(H,15,16)/t11-,12+/m0/s1. The maximum atomic E-state index is 11.1. The van der Waals surface area contributed by atoms with Gasteiger partial charge in [-0.15, -0.1) is 0 Å². The number of carboxylic acid groups (broad SMARTS) is 1. The summed E-state index contributed by atoms with van der Waals surface area (Å²) in [5.41, 5.74) is 3.56. The van der Waals surface area contributed by atoms with Gasteiger partial charge in [0.05, 0.1) is 5.92 Å². The average Bonchev–Trinajstić information content (AvgIpc) is 2.74. The largest absolute Gasteiger partial charge is 0.481 e. The van der Waals surface area contributed by atoms with Crippen molar-refractivity contribution in [2.45, 2.75) is 33.6 Å². The molecule has 0 bridgehead atoms. The van der Waals surface area contributed by atoms with Gasteiger partial charge in [-0.25, -0.2) is 0 Å². The molecule has 2 rings (SSSR count). The predicted octanol–water partition coefficient (Wildman–Crippen LogP) is 3.13. The van der Waals surface area contributed by atoms with Crippen LogP contribution in [0.5, 0.6) is 0 Å². The number of rotatable bonds is 2. The zero-order valence-electron chi connectivity index (χ0n) is 10.2. The third kappa shape index (κ3) is 1.53. The maximum Gasteiger partial charge on any atom is 0.307 e. The van der Waals surface area contributed by atoms with E-state index in [9.17, 15) is 4.79 Å². The molecule has 1 saturated carbocycles. The number of hydrogen-bond donors (Lipinski definition) is 1. The monoisotopic (exact) mass is 218 g/mol. The van der Waals surface area contributed by atoms with Crippen molar-refractivity contribution in [2.24, 2.45) is 11.3 Å². The van der Waals surface area contributed by atoms with Gasteiger partial charge in [0, 0.05) is 5.92 Å². The molecule has 0 aliphatic heterocycles. The van der Waals surface area contributed by atoms with Crippen molar-refractivity contribution in [1.82, 2.24) is 0 Å². The van der Waals surface area contributed by atoms with Gasteiger partial charge in [-0.3, -0.25) is 4.79 Å². The normalized spacial score (nSPS) is 26.5. The van der Waals surface area contributed by atoms with Crippen molar-refractivity contribution >= 4 is 5.97 Å². The van der Waals surface area contributed by atoms with Crippen LogP contribution in [0.2, 0.25) is 0 Å². The van der Waals surface area contributed by atoms with Crippen LogP contribution in [-0.2, 0) is 4.79 Å². The van der Waals surface area contributed by atoms with Crippen molar-refractivity contribution in [2.75, 3.05) is 0 Å². The number of carbonyl (C=O) groups is 1. The number of hydrogen-bond acceptors (Lipinski definition) is 1. The van der Waals surface area contributed by atoms with Crippen LogP contribution in [0.1, 0.15) is 36.5 Å². The van der Waals surface area contributed by atoms with Gasteiger partial charge in [0.1, 0.15) is 0 Å². The molecule has 0 spiro atoms. The molecule has 0 radical (unpaired) electrons. The molecule has 1 aromatic rings. The highest BCUT2D eigenvalue weighted by Gasteiger charge is 2.62. The Morgan fingerprint density at radius 2 is 1.88 bits per heavy atom. The molecule has 0 saturated heterocycles. The Morgan fingerprint density at radius 3 is 2.31 bits per heavy atom. The second-order valence-corrected chi connectivity index (χ2v) is 5.46. The molecule has 1 fully saturated rings. The molecule has 2 heteroatoms. The molecule has 1 aromatic carbocycles. The van der Waals surface area contributed by atoms with E-state index in [1.54, 1.807) is 0 Å². The van der Waals surface area contributed by atoms with Crippen LogP contribution in [0, 0.1) is 25.2 Å². The van der Waals surface area contributed by atoms with E-state index < -0.39 is 5.97 Å². The van der Waals surface area contributed by atoms with Crippen LogP contribution < -0.4 is 0 Å². The lowest BCUT2D eigenvalue weighted by Crippen LogP contribution is -2.03. The second-order valence-electron chi connectivity index (χ2n) is 5.46. The number of carboxylic acids is 1. The van der Waals surface area contributed by atoms with E-state index >= 15 is 0 Å². The highest BCUT2D eigenvalue weighted by Crippen LogP contribution is 2.64. The van der Waals surface area contributed by atoms with E-state index in [2.05, 4.69) is 32.0 Å². The molecule has 0 unspecified atom stereocenters. The first-order chi connectivity index (χ1) is 7.35. The smallest absolute Gasteiger partial charge is 0.307 e. The lowest BCUT2D eigenvalue weighted by atomic mass is 9.99.